The number of nitrogens with zero attached hydrogens (tertiary/aromatic N) is 1. The maximum absolute atomic E-state index is 13.1. The van der Waals surface area contributed by atoms with Crippen LogP contribution in [0.15, 0.2) is 53.6 Å². The lowest BCUT2D eigenvalue weighted by Crippen LogP contribution is -2.21. The van der Waals surface area contributed by atoms with Crippen LogP contribution in [0.4, 0.5) is 10.1 Å². The summed E-state index contributed by atoms with van der Waals surface area (Å²) in [4.78, 5) is 24.0. The predicted octanol–water partition coefficient (Wildman–Crippen LogP) is 3.52. The molecule has 5 nitrogen and oxygen atoms in total. The van der Waals surface area contributed by atoms with Crippen molar-refractivity contribution in [1.29, 1.82) is 0 Å². The van der Waals surface area contributed by atoms with Gasteiger partial charge in [0.05, 0.1) is 6.42 Å². The lowest BCUT2D eigenvalue weighted by Gasteiger charge is -2.09. The second-order valence-corrected chi connectivity index (χ2v) is 5.53. The van der Waals surface area contributed by atoms with Crippen molar-refractivity contribution in [2.45, 2.75) is 26.7 Å². The van der Waals surface area contributed by atoms with Crippen LogP contribution in [-0.4, -0.2) is 17.5 Å². The number of benzene rings is 2. The monoisotopic (exact) mass is 341 g/mol. The molecule has 0 saturated carbocycles. The van der Waals surface area contributed by atoms with Crippen LogP contribution in [0.2, 0.25) is 0 Å². The Hall–Kier alpha value is -3.02. The predicted molar refractivity (Wildman–Crippen MR) is 96.0 cm³/mol. The number of halogens is 1. The van der Waals surface area contributed by atoms with Crippen molar-refractivity contribution in [1.82, 2.24) is 5.43 Å². The third kappa shape index (κ3) is 5.53. The summed E-state index contributed by atoms with van der Waals surface area (Å²) in [6, 6.07) is 12.9. The maximum Gasteiger partial charge on any atom is 0.271 e. The number of rotatable bonds is 6. The van der Waals surface area contributed by atoms with Crippen molar-refractivity contribution in [2.75, 3.05) is 5.32 Å². The molecule has 0 spiro atoms. The van der Waals surface area contributed by atoms with E-state index in [0.29, 0.717) is 5.71 Å². The molecule has 2 aromatic rings. The molecule has 2 amide bonds. The zero-order chi connectivity index (χ0) is 18.2. The van der Waals surface area contributed by atoms with Crippen molar-refractivity contribution in [2.24, 2.45) is 5.10 Å². The summed E-state index contributed by atoms with van der Waals surface area (Å²) in [5.41, 5.74) is 4.74. The van der Waals surface area contributed by atoms with Crippen LogP contribution >= 0.6 is 0 Å². The normalized spacial score (nSPS) is 11.1. The standard InChI is InChI=1S/C19H20FN3O2/c1-3-14-7-4-5-10-17(14)21-18(24)11-13(2)22-23-19(25)15-8-6-9-16(20)12-15/h4-10,12H,3,11H2,1-2H3,(H,21,24)(H,23,25)/b22-13+. The minimum absolute atomic E-state index is 0.0431. The summed E-state index contributed by atoms with van der Waals surface area (Å²) in [5, 5.41) is 6.73. The topological polar surface area (TPSA) is 70.6 Å². The number of amides is 2. The molecule has 0 aliphatic rings. The number of nitrogens with one attached hydrogen (secondary N) is 2. The molecular weight excluding hydrogens is 321 g/mol. The Kier molecular flexibility index (Phi) is 6.39. The molecule has 0 aromatic heterocycles. The lowest BCUT2D eigenvalue weighted by atomic mass is 10.1. The number of hydrazone groups is 1. The largest absolute Gasteiger partial charge is 0.326 e. The van der Waals surface area contributed by atoms with E-state index in [4.69, 9.17) is 0 Å². The molecule has 0 atom stereocenters. The molecule has 2 aromatic carbocycles. The minimum Gasteiger partial charge on any atom is -0.326 e. The second-order valence-electron chi connectivity index (χ2n) is 5.53. The lowest BCUT2D eigenvalue weighted by molar-refractivity contribution is -0.115. The Labute approximate surface area is 145 Å². The van der Waals surface area contributed by atoms with Crippen LogP contribution in [0.3, 0.4) is 0 Å². The van der Waals surface area contributed by atoms with E-state index in [2.05, 4.69) is 15.8 Å². The zero-order valence-electron chi connectivity index (χ0n) is 14.2. The Balaban J connectivity index is 1.92. The van der Waals surface area contributed by atoms with Gasteiger partial charge in [0.15, 0.2) is 0 Å². The molecule has 0 aliphatic carbocycles. The van der Waals surface area contributed by atoms with Gasteiger partial charge in [-0.15, -0.1) is 0 Å². The Bertz CT molecular complexity index is 803. The molecule has 2 N–H and O–H groups in total. The van der Waals surface area contributed by atoms with Crippen molar-refractivity contribution in [3.63, 3.8) is 0 Å². The third-order valence-corrected chi connectivity index (χ3v) is 3.52. The number of carbonyl (C=O) groups is 2. The van der Waals surface area contributed by atoms with Gasteiger partial charge in [0.25, 0.3) is 5.91 Å². The van der Waals surface area contributed by atoms with E-state index in [1.54, 1.807) is 6.92 Å². The summed E-state index contributed by atoms with van der Waals surface area (Å²) in [6.45, 7) is 3.65. The van der Waals surface area contributed by atoms with Gasteiger partial charge < -0.3 is 5.32 Å². The van der Waals surface area contributed by atoms with E-state index in [1.807, 2.05) is 31.2 Å². The van der Waals surface area contributed by atoms with Gasteiger partial charge in [-0.05, 0) is 43.2 Å². The van der Waals surface area contributed by atoms with E-state index in [1.165, 1.54) is 18.2 Å². The van der Waals surface area contributed by atoms with Crippen LogP contribution in [0, 0.1) is 5.82 Å². The highest BCUT2D eigenvalue weighted by Crippen LogP contribution is 2.15. The molecule has 2 rings (SSSR count). The van der Waals surface area contributed by atoms with Crippen molar-refractivity contribution in [3.05, 3.63) is 65.5 Å². The number of anilines is 1. The average molecular weight is 341 g/mol. The first-order valence-corrected chi connectivity index (χ1v) is 7.96. The van der Waals surface area contributed by atoms with Gasteiger partial charge in [0.2, 0.25) is 5.91 Å². The highest BCUT2D eigenvalue weighted by molar-refractivity contribution is 6.06. The molecule has 0 fully saturated rings. The Morgan fingerprint density at radius 1 is 1.12 bits per heavy atom. The molecule has 25 heavy (non-hydrogen) atoms. The second kappa shape index (κ2) is 8.73. The fourth-order valence-corrected chi connectivity index (χ4v) is 2.26. The molecule has 130 valence electrons. The Morgan fingerprint density at radius 3 is 2.60 bits per heavy atom. The van der Waals surface area contributed by atoms with Gasteiger partial charge in [0.1, 0.15) is 5.82 Å². The number of hydrogen-bond acceptors (Lipinski definition) is 3. The van der Waals surface area contributed by atoms with Crippen LogP contribution in [0.1, 0.15) is 36.2 Å². The molecule has 0 saturated heterocycles. The smallest absolute Gasteiger partial charge is 0.271 e. The van der Waals surface area contributed by atoms with E-state index < -0.39 is 11.7 Å². The van der Waals surface area contributed by atoms with Crippen LogP contribution in [-0.2, 0) is 11.2 Å². The average Bonchev–Trinajstić information content (AvgIpc) is 2.60. The zero-order valence-corrected chi connectivity index (χ0v) is 14.2. The number of para-hydroxylation sites is 1. The quantitative estimate of drug-likeness (QED) is 0.623. The summed E-state index contributed by atoms with van der Waals surface area (Å²) in [6.07, 6.45) is 0.856. The van der Waals surface area contributed by atoms with E-state index in [9.17, 15) is 14.0 Å². The minimum atomic E-state index is -0.532. The number of aryl methyl sites for hydroxylation is 1. The van der Waals surface area contributed by atoms with Crippen LogP contribution in [0.25, 0.3) is 0 Å². The number of hydrogen-bond donors (Lipinski definition) is 2. The number of carbonyl (C=O) groups excluding carboxylic acids is 2. The van der Waals surface area contributed by atoms with Crippen molar-refractivity contribution in [3.8, 4) is 0 Å². The van der Waals surface area contributed by atoms with Crippen LogP contribution in [0.5, 0.6) is 0 Å². The van der Waals surface area contributed by atoms with Crippen molar-refractivity contribution >= 4 is 23.2 Å². The fraction of sp³-hybridized carbons (Fsp3) is 0.211. The first-order valence-electron chi connectivity index (χ1n) is 7.96. The molecule has 6 heteroatoms. The van der Waals surface area contributed by atoms with Gasteiger partial charge >= 0.3 is 0 Å². The summed E-state index contributed by atoms with van der Waals surface area (Å²) in [7, 11) is 0. The van der Waals surface area contributed by atoms with Gasteiger partial charge in [-0.3, -0.25) is 9.59 Å². The van der Waals surface area contributed by atoms with Crippen LogP contribution < -0.4 is 10.7 Å². The first kappa shape index (κ1) is 18.3. The highest BCUT2D eigenvalue weighted by Gasteiger charge is 2.09. The van der Waals surface area contributed by atoms with E-state index in [0.717, 1.165) is 23.7 Å². The van der Waals surface area contributed by atoms with Gasteiger partial charge in [-0.1, -0.05) is 31.2 Å². The van der Waals surface area contributed by atoms with Gasteiger partial charge in [0, 0.05) is 17.0 Å². The molecule has 0 radical (unpaired) electrons. The highest BCUT2D eigenvalue weighted by atomic mass is 19.1. The maximum atomic E-state index is 13.1. The summed E-state index contributed by atoms with van der Waals surface area (Å²) >= 11 is 0. The molecule has 0 bridgehead atoms. The van der Waals surface area contributed by atoms with E-state index in [-0.39, 0.29) is 17.9 Å². The summed E-state index contributed by atoms with van der Waals surface area (Å²) < 4.78 is 13.1. The molecular formula is C19H20FN3O2. The SMILES string of the molecule is CCc1ccccc1NC(=O)C/C(C)=N/NC(=O)c1cccc(F)c1. The molecule has 0 unspecified atom stereocenters. The van der Waals surface area contributed by atoms with Gasteiger partial charge in [-0.25, -0.2) is 9.82 Å². The van der Waals surface area contributed by atoms with E-state index >= 15 is 0 Å². The molecule has 0 heterocycles. The summed E-state index contributed by atoms with van der Waals surface area (Å²) in [5.74, 6) is -1.25. The van der Waals surface area contributed by atoms with Gasteiger partial charge in [-0.2, -0.15) is 5.10 Å². The third-order valence-electron chi connectivity index (χ3n) is 3.52. The first-order chi connectivity index (χ1) is 12.0. The fourth-order valence-electron chi connectivity index (χ4n) is 2.26. The molecule has 0 aliphatic heterocycles. The Morgan fingerprint density at radius 2 is 1.88 bits per heavy atom. The van der Waals surface area contributed by atoms with Crippen molar-refractivity contribution < 1.29 is 14.0 Å².